The van der Waals surface area contributed by atoms with Gasteiger partial charge in [-0.25, -0.2) is 4.79 Å². The summed E-state index contributed by atoms with van der Waals surface area (Å²) in [5.74, 6) is -0.300. The van der Waals surface area contributed by atoms with Crippen molar-refractivity contribution in [3.8, 4) is 0 Å². The molecule has 0 saturated carbocycles. The topological polar surface area (TPSA) is 35.5 Å². The van der Waals surface area contributed by atoms with Gasteiger partial charge in [0.15, 0.2) is 6.10 Å². The van der Waals surface area contributed by atoms with Crippen LogP contribution in [0.5, 0.6) is 0 Å². The van der Waals surface area contributed by atoms with Gasteiger partial charge in [0.05, 0.1) is 13.2 Å². The SMILES string of the molecule is C=C1C[C@@H](CCc2ccccc2)O[C@@H](C(=O)OC)C1. The van der Waals surface area contributed by atoms with E-state index >= 15 is 0 Å². The van der Waals surface area contributed by atoms with Crippen molar-refractivity contribution < 1.29 is 14.3 Å². The molecule has 1 fully saturated rings. The standard InChI is InChI=1S/C16H20O3/c1-12-10-14(19-15(11-12)16(17)18-2)9-8-13-6-4-3-5-7-13/h3-7,14-15H,1,8-11H2,2H3/t14-,15-/m1/s1. The molecule has 0 unspecified atom stereocenters. The number of rotatable bonds is 4. The molecule has 2 rings (SSSR count). The molecule has 0 aromatic heterocycles. The zero-order valence-electron chi connectivity index (χ0n) is 11.3. The Hall–Kier alpha value is -1.61. The third kappa shape index (κ3) is 3.93. The van der Waals surface area contributed by atoms with E-state index in [9.17, 15) is 4.79 Å². The first kappa shape index (κ1) is 13.8. The largest absolute Gasteiger partial charge is 0.467 e. The van der Waals surface area contributed by atoms with E-state index in [4.69, 9.17) is 9.47 Å². The van der Waals surface area contributed by atoms with Gasteiger partial charge in [0.1, 0.15) is 0 Å². The maximum Gasteiger partial charge on any atom is 0.335 e. The van der Waals surface area contributed by atoms with Crippen molar-refractivity contribution in [2.24, 2.45) is 0 Å². The fourth-order valence-corrected chi connectivity index (χ4v) is 2.41. The number of ether oxygens (including phenoxy) is 2. The van der Waals surface area contributed by atoms with Crippen molar-refractivity contribution >= 4 is 5.97 Å². The Bertz CT molecular complexity index is 439. The minimum atomic E-state index is -0.480. The van der Waals surface area contributed by atoms with E-state index in [-0.39, 0.29) is 12.1 Å². The molecular weight excluding hydrogens is 240 g/mol. The van der Waals surface area contributed by atoms with Gasteiger partial charge in [-0.1, -0.05) is 42.5 Å². The van der Waals surface area contributed by atoms with Crippen LogP contribution in [0.15, 0.2) is 42.5 Å². The number of hydrogen-bond acceptors (Lipinski definition) is 3. The van der Waals surface area contributed by atoms with Crippen molar-refractivity contribution in [3.63, 3.8) is 0 Å². The van der Waals surface area contributed by atoms with Gasteiger partial charge in [0, 0.05) is 6.42 Å². The quantitative estimate of drug-likeness (QED) is 0.617. The predicted molar refractivity (Wildman–Crippen MR) is 73.8 cm³/mol. The molecule has 0 bridgehead atoms. The predicted octanol–water partition coefficient (Wildman–Crippen LogP) is 2.90. The van der Waals surface area contributed by atoms with Gasteiger partial charge in [-0.2, -0.15) is 0 Å². The first-order chi connectivity index (χ1) is 9.19. The Labute approximate surface area is 114 Å². The number of aryl methyl sites for hydroxylation is 1. The van der Waals surface area contributed by atoms with E-state index in [2.05, 4.69) is 18.7 Å². The van der Waals surface area contributed by atoms with Gasteiger partial charge in [0.2, 0.25) is 0 Å². The lowest BCUT2D eigenvalue weighted by molar-refractivity contribution is -0.160. The van der Waals surface area contributed by atoms with Gasteiger partial charge in [-0.3, -0.25) is 0 Å². The van der Waals surface area contributed by atoms with Crippen LogP contribution in [0.4, 0.5) is 0 Å². The number of esters is 1. The first-order valence-electron chi connectivity index (χ1n) is 6.63. The molecule has 102 valence electrons. The Kier molecular flexibility index (Phi) is 4.74. The highest BCUT2D eigenvalue weighted by atomic mass is 16.6. The summed E-state index contributed by atoms with van der Waals surface area (Å²) in [6.45, 7) is 4.00. The Morgan fingerprint density at radius 2 is 2.11 bits per heavy atom. The van der Waals surface area contributed by atoms with Crippen LogP contribution in [0.1, 0.15) is 24.8 Å². The van der Waals surface area contributed by atoms with Crippen LogP contribution in [0, 0.1) is 0 Å². The van der Waals surface area contributed by atoms with E-state index in [1.165, 1.54) is 12.7 Å². The third-order valence-corrected chi connectivity index (χ3v) is 3.41. The van der Waals surface area contributed by atoms with Crippen LogP contribution in [0.25, 0.3) is 0 Å². The fraction of sp³-hybridized carbons (Fsp3) is 0.438. The number of methoxy groups -OCH3 is 1. The van der Waals surface area contributed by atoms with Crippen LogP contribution >= 0.6 is 0 Å². The average molecular weight is 260 g/mol. The summed E-state index contributed by atoms with van der Waals surface area (Å²) >= 11 is 0. The molecule has 1 aromatic carbocycles. The molecule has 0 aliphatic carbocycles. The highest BCUT2D eigenvalue weighted by Gasteiger charge is 2.30. The third-order valence-electron chi connectivity index (χ3n) is 3.41. The normalized spacial score (nSPS) is 23.1. The number of carbonyl (C=O) groups excluding carboxylic acids is 1. The van der Waals surface area contributed by atoms with Crippen molar-refractivity contribution in [2.45, 2.75) is 37.9 Å². The lowest BCUT2D eigenvalue weighted by Gasteiger charge is -2.30. The van der Waals surface area contributed by atoms with E-state index in [0.29, 0.717) is 6.42 Å². The Morgan fingerprint density at radius 1 is 1.37 bits per heavy atom. The van der Waals surface area contributed by atoms with Crippen LogP contribution in [0.3, 0.4) is 0 Å². The van der Waals surface area contributed by atoms with Gasteiger partial charge in [-0.15, -0.1) is 0 Å². The second-order valence-electron chi connectivity index (χ2n) is 4.95. The monoisotopic (exact) mass is 260 g/mol. The summed E-state index contributed by atoms with van der Waals surface area (Å²) in [6, 6.07) is 10.3. The molecule has 1 aliphatic heterocycles. The molecule has 1 aromatic rings. The fourth-order valence-electron chi connectivity index (χ4n) is 2.41. The van der Waals surface area contributed by atoms with E-state index < -0.39 is 6.10 Å². The van der Waals surface area contributed by atoms with E-state index in [1.807, 2.05) is 18.2 Å². The van der Waals surface area contributed by atoms with Crippen molar-refractivity contribution in [1.29, 1.82) is 0 Å². The van der Waals surface area contributed by atoms with E-state index in [1.54, 1.807) is 0 Å². The minimum absolute atomic E-state index is 0.0607. The molecule has 2 atom stereocenters. The summed E-state index contributed by atoms with van der Waals surface area (Å²) in [5.41, 5.74) is 2.36. The highest BCUT2D eigenvalue weighted by molar-refractivity contribution is 5.75. The van der Waals surface area contributed by atoms with Gasteiger partial charge in [0.25, 0.3) is 0 Å². The van der Waals surface area contributed by atoms with Gasteiger partial charge >= 0.3 is 5.97 Å². The summed E-state index contributed by atoms with van der Waals surface area (Å²) in [6.07, 6.45) is 2.84. The number of carbonyl (C=O) groups is 1. The molecule has 1 aliphatic rings. The van der Waals surface area contributed by atoms with Crippen molar-refractivity contribution in [3.05, 3.63) is 48.0 Å². The lowest BCUT2D eigenvalue weighted by atomic mass is 9.95. The highest BCUT2D eigenvalue weighted by Crippen LogP contribution is 2.26. The lowest BCUT2D eigenvalue weighted by Crippen LogP contribution is -2.35. The molecule has 19 heavy (non-hydrogen) atoms. The van der Waals surface area contributed by atoms with Crippen LogP contribution in [-0.2, 0) is 20.7 Å². The second-order valence-corrected chi connectivity index (χ2v) is 4.95. The second kappa shape index (κ2) is 6.53. The maximum absolute atomic E-state index is 11.5. The van der Waals surface area contributed by atoms with Gasteiger partial charge in [-0.05, 0) is 24.8 Å². The molecule has 1 heterocycles. The van der Waals surface area contributed by atoms with Gasteiger partial charge < -0.3 is 9.47 Å². The summed E-state index contributed by atoms with van der Waals surface area (Å²) in [7, 11) is 1.39. The zero-order valence-corrected chi connectivity index (χ0v) is 11.3. The summed E-state index contributed by atoms with van der Waals surface area (Å²) < 4.78 is 10.5. The molecule has 3 heteroatoms. The minimum Gasteiger partial charge on any atom is -0.467 e. The molecule has 0 N–H and O–H groups in total. The Balaban J connectivity index is 1.89. The smallest absolute Gasteiger partial charge is 0.335 e. The van der Waals surface area contributed by atoms with Crippen molar-refractivity contribution in [1.82, 2.24) is 0 Å². The molecule has 0 radical (unpaired) electrons. The molecule has 3 nitrogen and oxygen atoms in total. The molecular formula is C16H20O3. The number of benzene rings is 1. The molecule has 0 spiro atoms. The maximum atomic E-state index is 11.5. The Morgan fingerprint density at radius 3 is 2.79 bits per heavy atom. The van der Waals surface area contributed by atoms with E-state index in [0.717, 1.165) is 24.8 Å². The molecule has 0 amide bonds. The summed E-state index contributed by atoms with van der Waals surface area (Å²) in [5, 5.41) is 0. The molecule has 1 saturated heterocycles. The van der Waals surface area contributed by atoms with Crippen molar-refractivity contribution in [2.75, 3.05) is 7.11 Å². The van der Waals surface area contributed by atoms with Crippen LogP contribution in [-0.4, -0.2) is 25.3 Å². The zero-order chi connectivity index (χ0) is 13.7. The average Bonchev–Trinajstić information content (AvgIpc) is 2.45. The van der Waals surface area contributed by atoms with Crippen LogP contribution in [0.2, 0.25) is 0 Å². The van der Waals surface area contributed by atoms with Crippen LogP contribution < -0.4 is 0 Å². The summed E-state index contributed by atoms with van der Waals surface area (Å²) in [4.78, 5) is 11.5. The first-order valence-corrected chi connectivity index (χ1v) is 6.63. The number of hydrogen-bond donors (Lipinski definition) is 0.